The molecule has 0 radical (unpaired) electrons. The third-order valence-corrected chi connectivity index (χ3v) is 6.72. The molecule has 158 valence electrons. The number of ether oxygens (including phenoxy) is 1. The molecule has 0 aromatic heterocycles. The van der Waals surface area contributed by atoms with E-state index >= 15 is 0 Å². The molecule has 1 amide bonds. The topological polar surface area (TPSA) is 75.7 Å². The van der Waals surface area contributed by atoms with E-state index in [1.165, 1.54) is 19.2 Å². The smallest absolute Gasteiger partial charge is 0.243 e. The van der Waals surface area contributed by atoms with Gasteiger partial charge in [0.2, 0.25) is 15.9 Å². The fraction of sp³-hybridized carbons (Fsp3) is 0.409. The number of methoxy groups -OCH3 is 1. The van der Waals surface area contributed by atoms with E-state index in [-0.39, 0.29) is 29.3 Å². The lowest BCUT2D eigenvalue weighted by molar-refractivity contribution is -0.121. The summed E-state index contributed by atoms with van der Waals surface area (Å²) in [5, 5.41) is 2.91. The van der Waals surface area contributed by atoms with Gasteiger partial charge in [-0.1, -0.05) is 32.0 Å². The maximum Gasteiger partial charge on any atom is 0.243 e. The number of hydrogen-bond donors (Lipinski definition) is 1. The van der Waals surface area contributed by atoms with Crippen LogP contribution in [0.15, 0.2) is 47.4 Å². The molecule has 6 nitrogen and oxygen atoms in total. The predicted molar refractivity (Wildman–Crippen MR) is 115 cm³/mol. The van der Waals surface area contributed by atoms with Crippen LogP contribution in [0, 0.1) is 6.92 Å². The first-order valence-corrected chi connectivity index (χ1v) is 11.0. The van der Waals surface area contributed by atoms with Crippen molar-refractivity contribution in [3.05, 3.63) is 59.2 Å². The molecule has 1 atom stereocenters. The summed E-state index contributed by atoms with van der Waals surface area (Å²) in [5.74, 6) is 0.739. The van der Waals surface area contributed by atoms with Gasteiger partial charge >= 0.3 is 0 Å². The fourth-order valence-electron chi connectivity index (χ4n) is 3.23. The summed E-state index contributed by atoms with van der Waals surface area (Å²) >= 11 is 0. The highest BCUT2D eigenvalue weighted by Gasteiger charge is 2.24. The first kappa shape index (κ1) is 22.9. The average molecular weight is 419 g/mol. The van der Waals surface area contributed by atoms with Gasteiger partial charge in [-0.2, -0.15) is 4.31 Å². The second-order valence-corrected chi connectivity index (χ2v) is 9.51. The normalized spacial score (nSPS) is 12.8. The summed E-state index contributed by atoms with van der Waals surface area (Å²) in [5.41, 5.74) is 3.05. The number of aryl methyl sites for hydroxylation is 1. The summed E-state index contributed by atoms with van der Waals surface area (Å²) in [7, 11) is -0.661. The van der Waals surface area contributed by atoms with Crippen molar-refractivity contribution in [1.82, 2.24) is 9.62 Å². The number of amides is 1. The number of hydrogen-bond acceptors (Lipinski definition) is 4. The van der Waals surface area contributed by atoms with Crippen molar-refractivity contribution in [2.45, 2.75) is 44.6 Å². The molecule has 0 saturated heterocycles. The molecule has 2 rings (SSSR count). The molecule has 0 aliphatic carbocycles. The Kier molecular flexibility index (Phi) is 7.43. The summed E-state index contributed by atoms with van der Waals surface area (Å²) in [6.45, 7) is 7.78. The van der Waals surface area contributed by atoms with Gasteiger partial charge in [0, 0.05) is 7.05 Å². The minimum Gasteiger partial charge on any atom is -0.496 e. The molecule has 7 heteroatoms. The number of nitrogens with zero attached hydrogens (tertiary/aromatic N) is 1. The Morgan fingerprint density at radius 3 is 2.28 bits per heavy atom. The highest BCUT2D eigenvalue weighted by atomic mass is 32.2. The first-order chi connectivity index (χ1) is 13.6. The standard InChI is InChI=1S/C22H30N2O4S/c1-15(2)19-13-20(16(3)12-21(19)28-6)17(4)23-22(25)14-24(5)29(26,27)18-10-8-7-9-11-18/h7-13,15,17H,14H2,1-6H3,(H,23,25). The zero-order chi connectivity index (χ0) is 21.8. The van der Waals surface area contributed by atoms with E-state index in [1.54, 1.807) is 25.3 Å². The summed E-state index contributed by atoms with van der Waals surface area (Å²) in [6, 6.07) is 11.8. The Morgan fingerprint density at radius 1 is 1.10 bits per heavy atom. The van der Waals surface area contributed by atoms with Crippen LogP contribution >= 0.6 is 0 Å². The van der Waals surface area contributed by atoms with Gasteiger partial charge in [-0.25, -0.2) is 8.42 Å². The highest BCUT2D eigenvalue weighted by Crippen LogP contribution is 2.32. The fourth-order valence-corrected chi connectivity index (χ4v) is 4.38. The Hall–Kier alpha value is -2.38. The maximum absolute atomic E-state index is 12.6. The van der Waals surface area contributed by atoms with Crippen LogP contribution in [0.2, 0.25) is 0 Å². The molecule has 0 aliphatic heterocycles. The van der Waals surface area contributed by atoms with Crippen LogP contribution < -0.4 is 10.1 Å². The molecule has 0 saturated carbocycles. The van der Waals surface area contributed by atoms with E-state index < -0.39 is 10.0 Å². The molecule has 0 bridgehead atoms. The van der Waals surface area contributed by atoms with E-state index in [1.807, 2.05) is 26.0 Å². The zero-order valence-electron chi connectivity index (χ0n) is 17.9. The van der Waals surface area contributed by atoms with Crippen LogP contribution in [-0.2, 0) is 14.8 Å². The van der Waals surface area contributed by atoms with Gasteiger partial charge in [0.15, 0.2) is 0 Å². The Morgan fingerprint density at radius 2 is 1.72 bits per heavy atom. The van der Waals surface area contributed by atoms with E-state index in [2.05, 4.69) is 19.2 Å². The number of rotatable bonds is 8. The molecular formula is C22H30N2O4S. The first-order valence-electron chi connectivity index (χ1n) is 9.57. The van der Waals surface area contributed by atoms with Gasteiger partial charge in [0.05, 0.1) is 24.6 Å². The lowest BCUT2D eigenvalue weighted by Gasteiger charge is -2.22. The van der Waals surface area contributed by atoms with Crippen LogP contribution in [0.4, 0.5) is 0 Å². The number of benzene rings is 2. The summed E-state index contributed by atoms with van der Waals surface area (Å²) < 4.78 is 31.7. The monoisotopic (exact) mass is 418 g/mol. The van der Waals surface area contributed by atoms with Crippen molar-refractivity contribution in [3.63, 3.8) is 0 Å². The van der Waals surface area contributed by atoms with E-state index in [4.69, 9.17) is 4.74 Å². The lowest BCUT2D eigenvalue weighted by Crippen LogP contribution is -2.39. The van der Waals surface area contributed by atoms with Gasteiger partial charge in [0.1, 0.15) is 5.75 Å². The van der Waals surface area contributed by atoms with E-state index in [0.717, 1.165) is 26.7 Å². The third-order valence-electron chi connectivity index (χ3n) is 4.90. The minimum atomic E-state index is -3.71. The van der Waals surface area contributed by atoms with Crippen molar-refractivity contribution in [1.29, 1.82) is 0 Å². The molecule has 0 aliphatic rings. The van der Waals surface area contributed by atoms with Gasteiger partial charge in [0.25, 0.3) is 0 Å². The van der Waals surface area contributed by atoms with Crippen LogP contribution in [0.3, 0.4) is 0 Å². The molecule has 0 heterocycles. The maximum atomic E-state index is 12.6. The number of carbonyl (C=O) groups excluding carboxylic acids is 1. The SMILES string of the molecule is COc1cc(C)c(C(C)NC(=O)CN(C)S(=O)(=O)c2ccccc2)cc1C(C)C. The van der Waals surface area contributed by atoms with Crippen molar-refractivity contribution < 1.29 is 17.9 Å². The minimum absolute atomic E-state index is 0.163. The molecular weight excluding hydrogens is 388 g/mol. The van der Waals surface area contributed by atoms with Crippen molar-refractivity contribution >= 4 is 15.9 Å². The van der Waals surface area contributed by atoms with Crippen molar-refractivity contribution in [2.24, 2.45) is 0 Å². The van der Waals surface area contributed by atoms with Crippen LogP contribution in [0.5, 0.6) is 5.75 Å². The average Bonchev–Trinajstić information content (AvgIpc) is 2.67. The van der Waals surface area contributed by atoms with Gasteiger partial charge in [-0.15, -0.1) is 0 Å². The lowest BCUT2D eigenvalue weighted by atomic mass is 9.93. The van der Waals surface area contributed by atoms with Gasteiger partial charge in [-0.3, -0.25) is 4.79 Å². The molecule has 0 fully saturated rings. The quantitative estimate of drug-likeness (QED) is 0.710. The largest absolute Gasteiger partial charge is 0.496 e. The third kappa shape index (κ3) is 5.36. The molecule has 29 heavy (non-hydrogen) atoms. The molecule has 1 unspecified atom stereocenters. The number of carbonyl (C=O) groups is 1. The highest BCUT2D eigenvalue weighted by molar-refractivity contribution is 7.89. The second kappa shape index (κ2) is 9.41. The van der Waals surface area contributed by atoms with Gasteiger partial charge in [-0.05, 0) is 60.7 Å². The Balaban J connectivity index is 2.14. The van der Waals surface area contributed by atoms with E-state index in [0.29, 0.717) is 0 Å². The van der Waals surface area contributed by atoms with Crippen LogP contribution in [0.25, 0.3) is 0 Å². The number of nitrogens with one attached hydrogen (secondary N) is 1. The Labute approximate surface area is 173 Å². The number of likely N-dealkylation sites (N-methyl/N-ethyl adjacent to an activating group) is 1. The summed E-state index contributed by atoms with van der Waals surface area (Å²) in [4.78, 5) is 12.7. The molecule has 2 aromatic carbocycles. The van der Waals surface area contributed by atoms with Crippen LogP contribution in [-0.4, -0.2) is 39.3 Å². The number of sulfonamides is 1. The molecule has 0 spiro atoms. The van der Waals surface area contributed by atoms with Crippen molar-refractivity contribution in [3.8, 4) is 5.75 Å². The predicted octanol–water partition coefficient (Wildman–Crippen LogP) is 3.62. The second-order valence-electron chi connectivity index (χ2n) is 7.47. The van der Waals surface area contributed by atoms with Gasteiger partial charge < -0.3 is 10.1 Å². The molecule has 2 aromatic rings. The van der Waals surface area contributed by atoms with Crippen molar-refractivity contribution in [2.75, 3.05) is 20.7 Å². The molecule has 1 N–H and O–H groups in total. The van der Waals surface area contributed by atoms with Crippen LogP contribution in [0.1, 0.15) is 49.4 Å². The van der Waals surface area contributed by atoms with E-state index in [9.17, 15) is 13.2 Å². The summed E-state index contributed by atoms with van der Waals surface area (Å²) in [6.07, 6.45) is 0. The zero-order valence-corrected chi connectivity index (χ0v) is 18.7. The Bertz CT molecular complexity index is 956.